The highest BCUT2D eigenvalue weighted by molar-refractivity contribution is 6.35. The fourth-order valence-electron chi connectivity index (χ4n) is 2.34. The van der Waals surface area contributed by atoms with Crippen molar-refractivity contribution >= 4 is 34.0 Å². The van der Waals surface area contributed by atoms with E-state index in [-0.39, 0.29) is 11.0 Å². The van der Waals surface area contributed by atoms with Crippen LogP contribution in [0.2, 0.25) is 5.02 Å². The number of aromatic nitrogens is 3. The summed E-state index contributed by atoms with van der Waals surface area (Å²) in [6.45, 7) is 6.48. The number of halogens is 1. The van der Waals surface area contributed by atoms with Gasteiger partial charge in [-0.2, -0.15) is 0 Å². The van der Waals surface area contributed by atoms with Crippen LogP contribution in [0.1, 0.15) is 26.3 Å². The molecule has 0 fully saturated rings. The van der Waals surface area contributed by atoms with Crippen LogP contribution in [0, 0.1) is 0 Å². The molecule has 23 heavy (non-hydrogen) atoms. The number of hydrogen-bond donors (Lipinski definition) is 2. The molecule has 0 radical (unpaired) electrons. The highest BCUT2D eigenvalue weighted by Crippen LogP contribution is 2.27. The molecule has 0 atom stereocenters. The largest absolute Gasteiger partial charge is 0.339 e. The fourth-order valence-corrected chi connectivity index (χ4v) is 2.53. The second kappa shape index (κ2) is 5.66. The van der Waals surface area contributed by atoms with E-state index in [4.69, 9.17) is 11.6 Å². The van der Waals surface area contributed by atoms with Crippen LogP contribution in [-0.4, -0.2) is 15.0 Å². The molecule has 0 bridgehead atoms. The van der Waals surface area contributed by atoms with E-state index in [1.165, 1.54) is 18.1 Å². The van der Waals surface area contributed by atoms with Gasteiger partial charge >= 0.3 is 0 Å². The van der Waals surface area contributed by atoms with E-state index in [0.717, 1.165) is 5.69 Å². The van der Waals surface area contributed by atoms with Crippen LogP contribution in [0.25, 0.3) is 10.9 Å². The Hall–Kier alpha value is -2.40. The summed E-state index contributed by atoms with van der Waals surface area (Å²) in [5, 5.41) is 3.89. The van der Waals surface area contributed by atoms with Gasteiger partial charge in [-0.15, -0.1) is 0 Å². The van der Waals surface area contributed by atoms with Gasteiger partial charge in [0, 0.05) is 11.9 Å². The molecule has 0 aliphatic rings. The first kappa shape index (κ1) is 15.5. The normalized spacial score (nSPS) is 11.7. The molecule has 0 amide bonds. The van der Waals surface area contributed by atoms with Crippen molar-refractivity contribution in [2.75, 3.05) is 5.32 Å². The third-order valence-electron chi connectivity index (χ3n) is 3.64. The number of nitrogens with one attached hydrogen (secondary N) is 2. The maximum absolute atomic E-state index is 12.1. The predicted octanol–water partition coefficient (Wildman–Crippen LogP) is 4.01. The molecule has 0 aliphatic carbocycles. The summed E-state index contributed by atoms with van der Waals surface area (Å²) in [5.74, 6) is 0.433. The molecular formula is C17H17ClN4O. The van der Waals surface area contributed by atoms with E-state index in [9.17, 15) is 4.79 Å². The average molecular weight is 329 g/mol. The van der Waals surface area contributed by atoms with Gasteiger partial charge in [-0.1, -0.05) is 44.5 Å². The minimum absolute atomic E-state index is 0.0881. The standard InChI is InChI=1S/C17H17ClN4O/c1-17(2,3)10-4-6-11(7-5-10)22-15-13-14(20-9-21-15)12(18)8-19-16(13)23/h4-9H,1-3H3,(H,19,23)(H,20,21,22). The summed E-state index contributed by atoms with van der Waals surface area (Å²) >= 11 is 6.09. The van der Waals surface area contributed by atoms with Gasteiger partial charge in [-0.3, -0.25) is 4.79 Å². The third kappa shape index (κ3) is 3.05. The van der Waals surface area contributed by atoms with Gasteiger partial charge in [-0.25, -0.2) is 9.97 Å². The van der Waals surface area contributed by atoms with Gasteiger partial charge in [0.05, 0.1) is 5.02 Å². The van der Waals surface area contributed by atoms with Crippen LogP contribution in [0.5, 0.6) is 0 Å². The monoisotopic (exact) mass is 328 g/mol. The first-order valence-electron chi connectivity index (χ1n) is 7.26. The van der Waals surface area contributed by atoms with Crippen molar-refractivity contribution in [1.29, 1.82) is 0 Å². The smallest absolute Gasteiger partial charge is 0.261 e. The van der Waals surface area contributed by atoms with E-state index >= 15 is 0 Å². The lowest BCUT2D eigenvalue weighted by atomic mass is 9.87. The highest BCUT2D eigenvalue weighted by atomic mass is 35.5. The minimum Gasteiger partial charge on any atom is -0.339 e. The zero-order valence-corrected chi connectivity index (χ0v) is 13.9. The van der Waals surface area contributed by atoms with Crippen molar-refractivity contribution in [1.82, 2.24) is 15.0 Å². The van der Waals surface area contributed by atoms with Crippen LogP contribution in [0.3, 0.4) is 0 Å². The third-order valence-corrected chi connectivity index (χ3v) is 3.93. The Morgan fingerprint density at radius 1 is 1.13 bits per heavy atom. The molecule has 0 unspecified atom stereocenters. The number of rotatable bonds is 2. The molecule has 0 spiro atoms. The summed E-state index contributed by atoms with van der Waals surface area (Å²) in [5.41, 5.74) is 2.32. The Bertz CT molecular complexity index is 911. The summed E-state index contributed by atoms with van der Waals surface area (Å²) in [6.07, 6.45) is 2.82. The second-order valence-electron chi connectivity index (χ2n) is 6.36. The molecule has 118 valence electrons. The summed E-state index contributed by atoms with van der Waals surface area (Å²) in [6, 6.07) is 8.05. The summed E-state index contributed by atoms with van der Waals surface area (Å²) in [7, 11) is 0. The van der Waals surface area contributed by atoms with Crippen LogP contribution < -0.4 is 10.9 Å². The summed E-state index contributed by atoms with van der Waals surface area (Å²) < 4.78 is 0. The van der Waals surface area contributed by atoms with Gasteiger partial charge in [0.25, 0.3) is 5.56 Å². The number of H-pyrrole nitrogens is 1. The lowest BCUT2D eigenvalue weighted by molar-refractivity contribution is 0.590. The maximum atomic E-state index is 12.1. The van der Waals surface area contributed by atoms with Gasteiger partial charge in [0.15, 0.2) is 0 Å². The summed E-state index contributed by atoms with van der Waals surface area (Å²) in [4.78, 5) is 22.9. The fraction of sp³-hybridized carbons (Fsp3) is 0.235. The highest BCUT2D eigenvalue weighted by Gasteiger charge is 2.14. The Labute approximate surface area is 138 Å². The van der Waals surface area contributed by atoms with Crippen molar-refractivity contribution in [3.05, 3.63) is 57.7 Å². The Morgan fingerprint density at radius 2 is 1.83 bits per heavy atom. The van der Waals surface area contributed by atoms with E-state index < -0.39 is 0 Å². The van der Waals surface area contributed by atoms with E-state index in [1.54, 1.807) is 0 Å². The maximum Gasteiger partial charge on any atom is 0.261 e. The van der Waals surface area contributed by atoms with Crippen LogP contribution in [0.4, 0.5) is 11.5 Å². The minimum atomic E-state index is -0.279. The topological polar surface area (TPSA) is 70.7 Å². The van der Waals surface area contributed by atoms with Crippen LogP contribution in [-0.2, 0) is 5.41 Å². The average Bonchev–Trinajstić information content (AvgIpc) is 2.51. The number of hydrogen-bond acceptors (Lipinski definition) is 4. The second-order valence-corrected chi connectivity index (χ2v) is 6.77. The molecule has 3 aromatic rings. The van der Waals surface area contributed by atoms with E-state index in [2.05, 4.69) is 53.2 Å². The first-order chi connectivity index (χ1) is 10.9. The van der Waals surface area contributed by atoms with Crippen molar-refractivity contribution in [2.24, 2.45) is 0 Å². The van der Waals surface area contributed by atoms with Crippen molar-refractivity contribution in [2.45, 2.75) is 26.2 Å². The number of benzene rings is 1. The number of aromatic amines is 1. The molecule has 2 aromatic heterocycles. The zero-order chi connectivity index (χ0) is 16.6. The Morgan fingerprint density at radius 3 is 2.48 bits per heavy atom. The quantitative estimate of drug-likeness (QED) is 0.745. The molecule has 1 aromatic carbocycles. The Balaban J connectivity index is 2.02. The molecule has 0 saturated carbocycles. The molecule has 5 nitrogen and oxygen atoms in total. The SMILES string of the molecule is CC(C)(C)c1ccc(Nc2ncnc3c(Cl)c[nH]c(=O)c23)cc1. The van der Waals surface area contributed by atoms with Gasteiger partial charge in [-0.05, 0) is 23.1 Å². The molecule has 2 heterocycles. The number of pyridine rings is 1. The van der Waals surface area contributed by atoms with Crippen LogP contribution in [0.15, 0.2) is 41.6 Å². The molecule has 0 saturated heterocycles. The number of anilines is 2. The van der Waals surface area contributed by atoms with E-state index in [1.807, 2.05) is 12.1 Å². The van der Waals surface area contributed by atoms with Crippen molar-refractivity contribution in [3.63, 3.8) is 0 Å². The van der Waals surface area contributed by atoms with Crippen molar-refractivity contribution in [3.8, 4) is 0 Å². The first-order valence-corrected chi connectivity index (χ1v) is 7.63. The number of fused-ring (bicyclic) bond motifs is 1. The molecule has 0 aliphatic heterocycles. The molecule has 3 rings (SSSR count). The Kier molecular flexibility index (Phi) is 3.82. The van der Waals surface area contributed by atoms with Crippen molar-refractivity contribution < 1.29 is 0 Å². The van der Waals surface area contributed by atoms with E-state index in [0.29, 0.717) is 21.7 Å². The lowest BCUT2D eigenvalue weighted by Gasteiger charge is -2.19. The number of nitrogens with zero attached hydrogens (tertiary/aromatic N) is 2. The molecular weight excluding hydrogens is 312 g/mol. The lowest BCUT2D eigenvalue weighted by Crippen LogP contribution is -2.11. The zero-order valence-electron chi connectivity index (χ0n) is 13.1. The van der Waals surface area contributed by atoms with Crippen LogP contribution >= 0.6 is 11.6 Å². The van der Waals surface area contributed by atoms with Gasteiger partial charge in [0.2, 0.25) is 0 Å². The van der Waals surface area contributed by atoms with Gasteiger partial charge in [0.1, 0.15) is 23.0 Å². The van der Waals surface area contributed by atoms with Gasteiger partial charge < -0.3 is 10.3 Å². The molecule has 6 heteroatoms. The predicted molar refractivity (Wildman–Crippen MR) is 93.6 cm³/mol. The molecule has 2 N–H and O–H groups in total.